The molecular weight excluding hydrogens is 202 g/mol. The third kappa shape index (κ3) is 2.10. The van der Waals surface area contributed by atoms with Crippen LogP contribution in [0.3, 0.4) is 0 Å². The Morgan fingerprint density at radius 3 is 2.62 bits per heavy atom. The molecule has 3 nitrogen and oxygen atoms in total. The van der Waals surface area contributed by atoms with E-state index >= 15 is 0 Å². The maximum absolute atomic E-state index is 11.6. The molecule has 0 bridgehead atoms. The van der Waals surface area contributed by atoms with Crippen molar-refractivity contribution < 1.29 is 9.90 Å². The van der Waals surface area contributed by atoms with E-state index in [0.717, 1.165) is 25.3 Å². The van der Waals surface area contributed by atoms with E-state index in [2.05, 4.69) is 19.2 Å². The summed E-state index contributed by atoms with van der Waals surface area (Å²) in [7, 11) is 0. The number of carboxylic acids is 1. The van der Waals surface area contributed by atoms with Gasteiger partial charge in [-0.2, -0.15) is 0 Å². The fourth-order valence-corrected chi connectivity index (χ4v) is 2.94. The Balaban J connectivity index is 2.08. The zero-order valence-electron chi connectivity index (χ0n) is 10.3. The average Bonchev–Trinajstić information content (AvgIpc) is 3.04. The van der Waals surface area contributed by atoms with E-state index in [1.807, 2.05) is 0 Å². The summed E-state index contributed by atoms with van der Waals surface area (Å²) in [6.45, 7) is 5.17. The Hall–Kier alpha value is -0.570. The van der Waals surface area contributed by atoms with Crippen molar-refractivity contribution in [3.63, 3.8) is 0 Å². The maximum Gasteiger partial charge on any atom is 0.324 e. The van der Waals surface area contributed by atoms with Gasteiger partial charge in [-0.05, 0) is 43.6 Å². The molecule has 2 aliphatic carbocycles. The molecule has 2 N–H and O–H groups in total. The predicted octanol–water partition coefficient (Wildman–Crippen LogP) is 2.27. The van der Waals surface area contributed by atoms with E-state index in [0.29, 0.717) is 5.92 Å². The Morgan fingerprint density at radius 1 is 1.38 bits per heavy atom. The van der Waals surface area contributed by atoms with Crippen molar-refractivity contribution in [2.45, 2.75) is 51.5 Å². The largest absolute Gasteiger partial charge is 0.480 e. The van der Waals surface area contributed by atoms with Crippen LogP contribution in [0.1, 0.15) is 46.0 Å². The monoisotopic (exact) mass is 225 g/mol. The van der Waals surface area contributed by atoms with Crippen LogP contribution in [0.4, 0.5) is 0 Å². The van der Waals surface area contributed by atoms with Gasteiger partial charge in [-0.25, -0.2) is 0 Å². The van der Waals surface area contributed by atoms with Crippen LogP contribution in [0.15, 0.2) is 0 Å². The summed E-state index contributed by atoms with van der Waals surface area (Å²) in [6.07, 6.45) is 5.54. The van der Waals surface area contributed by atoms with Crippen molar-refractivity contribution in [3.05, 3.63) is 0 Å². The van der Waals surface area contributed by atoms with Gasteiger partial charge in [-0.1, -0.05) is 26.7 Å². The van der Waals surface area contributed by atoms with Crippen LogP contribution in [0, 0.1) is 17.8 Å². The van der Waals surface area contributed by atoms with Gasteiger partial charge >= 0.3 is 5.97 Å². The zero-order valence-corrected chi connectivity index (χ0v) is 10.3. The van der Waals surface area contributed by atoms with E-state index in [1.165, 1.54) is 19.3 Å². The highest BCUT2D eigenvalue weighted by atomic mass is 16.4. The van der Waals surface area contributed by atoms with Crippen LogP contribution in [0.5, 0.6) is 0 Å². The van der Waals surface area contributed by atoms with Gasteiger partial charge in [0.15, 0.2) is 0 Å². The highest BCUT2D eigenvalue weighted by molar-refractivity contribution is 5.79. The lowest BCUT2D eigenvalue weighted by atomic mass is 9.68. The Bertz CT molecular complexity index is 275. The van der Waals surface area contributed by atoms with Crippen LogP contribution in [0.25, 0.3) is 0 Å². The van der Waals surface area contributed by atoms with Gasteiger partial charge < -0.3 is 10.4 Å². The van der Waals surface area contributed by atoms with Gasteiger partial charge in [0.2, 0.25) is 0 Å². The SMILES string of the molecule is CC1CCCC(NCC2CC2)(C(=O)O)C1C. The number of carbonyl (C=O) groups is 1. The van der Waals surface area contributed by atoms with E-state index in [9.17, 15) is 9.90 Å². The van der Waals surface area contributed by atoms with Gasteiger partial charge in [-0.3, -0.25) is 4.79 Å². The molecule has 0 aromatic heterocycles. The molecule has 0 heterocycles. The van der Waals surface area contributed by atoms with Gasteiger partial charge in [-0.15, -0.1) is 0 Å². The quantitative estimate of drug-likeness (QED) is 0.771. The van der Waals surface area contributed by atoms with Crippen LogP contribution in [-0.4, -0.2) is 23.2 Å². The minimum absolute atomic E-state index is 0.234. The molecule has 2 aliphatic rings. The number of rotatable bonds is 4. The van der Waals surface area contributed by atoms with Gasteiger partial charge in [0, 0.05) is 0 Å². The fourth-order valence-electron chi connectivity index (χ4n) is 2.94. The van der Waals surface area contributed by atoms with Crippen LogP contribution >= 0.6 is 0 Å². The molecule has 0 aliphatic heterocycles. The molecule has 2 rings (SSSR count). The van der Waals surface area contributed by atoms with Gasteiger partial charge in [0.05, 0.1) is 0 Å². The van der Waals surface area contributed by atoms with Crippen molar-refractivity contribution in [1.82, 2.24) is 5.32 Å². The number of hydrogen-bond donors (Lipinski definition) is 2. The summed E-state index contributed by atoms with van der Waals surface area (Å²) >= 11 is 0. The Labute approximate surface area is 97.6 Å². The number of aliphatic carboxylic acids is 1. The van der Waals surface area contributed by atoms with Gasteiger partial charge in [0.25, 0.3) is 0 Å². The lowest BCUT2D eigenvalue weighted by Crippen LogP contribution is -2.60. The van der Waals surface area contributed by atoms with Crippen molar-refractivity contribution in [3.8, 4) is 0 Å². The normalized spacial score (nSPS) is 39.6. The summed E-state index contributed by atoms with van der Waals surface area (Å²) in [6, 6.07) is 0. The first kappa shape index (κ1) is 11.9. The zero-order chi connectivity index (χ0) is 11.8. The highest BCUT2D eigenvalue weighted by Gasteiger charge is 2.47. The summed E-state index contributed by atoms with van der Waals surface area (Å²) in [4.78, 5) is 11.6. The van der Waals surface area contributed by atoms with Crippen LogP contribution in [0.2, 0.25) is 0 Å². The summed E-state index contributed by atoms with van der Waals surface area (Å²) < 4.78 is 0. The lowest BCUT2D eigenvalue weighted by Gasteiger charge is -2.43. The van der Waals surface area contributed by atoms with Crippen molar-refractivity contribution in [2.75, 3.05) is 6.54 Å². The molecule has 3 unspecified atom stereocenters. The molecule has 3 heteroatoms. The van der Waals surface area contributed by atoms with Crippen molar-refractivity contribution >= 4 is 5.97 Å². The van der Waals surface area contributed by atoms with Crippen LogP contribution < -0.4 is 5.32 Å². The number of hydrogen-bond acceptors (Lipinski definition) is 2. The van der Waals surface area contributed by atoms with E-state index in [4.69, 9.17) is 0 Å². The predicted molar refractivity (Wildman–Crippen MR) is 63.3 cm³/mol. The lowest BCUT2D eigenvalue weighted by molar-refractivity contribution is -0.150. The second-order valence-electron chi connectivity index (χ2n) is 5.76. The third-order valence-electron chi connectivity index (χ3n) is 4.65. The average molecular weight is 225 g/mol. The molecule has 0 aromatic carbocycles. The standard InChI is InChI=1S/C13H23NO2/c1-9-4-3-7-13(10(9)2,12(15)16)14-8-11-5-6-11/h9-11,14H,3-8H2,1-2H3,(H,15,16). The topological polar surface area (TPSA) is 49.3 Å². The maximum atomic E-state index is 11.6. The smallest absolute Gasteiger partial charge is 0.324 e. The second-order valence-corrected chi connectivity index (χ2v) is 5.76. The van der Waals surface area contributed by atoms with Crippen LogP contribution in [-0.2, 0) is 4.79 Å². The van der Waals surface area contributed by atoms with Crippen molar-refractivity contribution in [1.29, 1.82) is 0 Å². The summed E-state index contributed by atoms with van der Waals surface area (Å²) in [5.41, 5.74) is -0.653. The number of carboxylic acid groups (broad SMARTS) is 1. The first-order valence-electron chi connectivity index (χ1n) is 6.54. The molecule has 0 saturated heterocycles. The Kier molecular flexibility index (Phi) is 3.24. The summed E-state index contributed by atoms with van der Waals surface area (Å²) in [5.74, 6) is 0.835. The van der Waals surface area contributed by atoms with E-state index < -0.39 is 11.5 Å². The Morgan fingerprint density at radius 2 is 2.06 bits per heavy atom. The molecule has 0 radical (unpaired) electrons. The van der Waals surface area contributed by atoms with E-state index in [1.54, 1.807) is 0 Å². The molecule has 0 spiro atoms. The summed E-state index contributed by atoms with van der Waals surface area (Å²) in [5, 5.41) is 12.9. The molecule has 2 saturated carbocycles. The fraction of sp³-hybridized carbons (Fsp3) is 0.923. The van der Waals surface area contributed by atoms with E-state index in [-0.39, 0.29) is 5.92 Å². The number of nitrogens with one attached hydrogen (secondary N) is 1. The first-order valence-corrected chi connectivity index (χ1v) is 6.54. The second kappa shape index (κ2) is 4.36. The molecule has 0 aromatic rings. The molecule has 2 fully saturated rings. The van der Waals surface area contributed by atoms with Crippen molar-refractivity contribution in [2.24, 2.45) is 17.8 Å². The molecule has 0 amide bonds. The molecule has 16 heavy (non-hydrogen) atoms. The first-order chi connectivity index (χ1) is 7.56. The minimum Gasteiger partial charge on any atom is -0.480 e. The molecule has 3 atom stereocenters. The molecular formula is C13H23NO2. The van der Waals surface area contributed by atoms with Gasteiger partial charge in [0.1, 0.15) is 5.54 Å². The highest BCUT2D eigenvalue weighted by Crippen LogP contribution is 2.39. The minimum atomic E-state index is -0.653. The molecule has 92 valence electrons. The third-order valence-corrected chi connectivity index (χ3v) is 4.65.